The smallest absolute Gasteiger partial charge is 0.126 e. The van der Waals surface area contributed by atoms with Gasteiger partial charge in [0.2, 0.25) is 0 Å². The van der Waals surface area contributed by atoms with Gasteiger partial charge in [-0.25, -0.2) is 8.78 Å². The first-order valence-electron chi connectivity index (χ1n) is 6.47. The van der Waals surface area contributed by atoms with Gasteiger partial charge in [0.25, 0.3) is 0 Å². The van der Waals surface area contributed by atoms with Crippen LogP contribution in [0.1, 0.15) is 25.8 Å². The lowest BCUT2D eigenvalue weighted by molar-refractivity contribution is 0.198. The molecule has 0 amide bonds. The molecule has 2 unspecified atom stereocenters. The standard InChI is InChI=1S/C14H20F2N2/c1-10-8-18(11(2)3-4-17-10)9-12-5-13(15)7-14(16)6-12/h5-7,10-11,17H,3-4,8-9H2,1-2H3. The first-order chi connectivity index (χ1) is 8.54. The summed E-state index contributed by atoms with van der Waals surface area (Å²) in [5.74, 6) is -1.00. The molecular formula is C14H20F2N2. The minimum Gasteiger partial charge on any atom is -0.313 e. The van der Waals surface area contributed by atoms with Crippen molar-refractivity contribution in [2.24, 2.45) is 0 Å². The number of nitrogens with one attached hydrogen (secondary N) is 1. The molecule has 2 rings (SSSR count). The summed E-state index contributed by atoms with van der Waals surface area (Å²) in [5, 5.41) is 3.42. The Morgan fingerprint density at radius 3 is 2.56 bits per heavy atom. The van der Waals surface area contributed by atoms with Gasteiger partial charge in [-0.05, 0) is 44.5 Å². The summed E-state index contributed by atoms with van der Waals surface area (Å²) >= 11 is 0. The van der Waals surface area contributed by atoms with Crippen LogP contribution >= 0.6 is 0 Å². The summed E-state index contributed by atoms with van der Waals surface area (Å²) in [6.45, 7) is 6.80. The SMILES string of the molecule is CC1CN(Cc2cc(F)cc(F)c2)C(C)CCN1. The molecule has 0 saturated carbocycles. The predicted molar refractivity (Wildman–Crippen MR) is 68.3 cm³/mol. The maximum absolute atomic E-state index is 13.2. The third-order valence-corrected chi connectivity index (χ3v) is 3.49. The Bertz CT molecular complexity index is 389. The Hall–Kier alpha value is -1.00. The molecule has 1 heterocycles. The summed E-state index contributed by atoms with van der Waals surface area (Å²) in [5.41, 5.74) is 0.702. The maximum Gasteiger partial charge on any atom is 0.126 e. The van der Waals surface area contributed by atoms with Gasteiger partial charge in [0.05, 0.1) is 0 Å². The minimum absolute atomic E-state index is 0.411. The lowest BCUT2D eigenvalue weighted by Gasteiger charge is -2.28. The lowest BCUT2D eigenvalue weighted by Crippen LogP contribution is -2.38. The molecular weight excluding hydrogens is 234 g/mol. The second-order valence-corrected chi connectivity index (χ2v) is 5.20. The molecule has 0 bridgehead atoms. The Kier molecular flexibility index (Phi) is 4.30. The zero-order chi connectivity index (χ0) is 13.1. The molecule has 2 nitrogen and oxygen atoms in total. The van der Waals surface area contributed by atoms with Crippen LogP contribution in [0.3, 0.4) is 0 Å². The van der Waals surface area contributed by atoms with Crippen LogP contribution in [0.25, 0.3) is 0 Å². The highest BCUT2D eigenvalue weighted by molar-refractivity contribution is 5.18. The molecule has 1 aliphatic heterocycles. The van der Waals surface area contributed by atoms with Crippen LogP contribution in [0.4, 0.5) is 8.78 Å². The first kappa shape index (κ1) is 13.4. The van der Waals surface area contributed by atoms with Crippen molar-refractivity contribution in [3.63, 3.8) is 0 Å². The van der Waals surface area contributed by atoms with E-state index in [-0.39, 0.29) is 0 Å². The topological polar surface area (TPSA) is 15.3 Å². The van der Waals surface area contributed by atoms with E-state index in [4.69, 9.17) is 0 Å². The van der Waals surface area contributed by atoms with Gasteiger partial charge in [-0.2, -0.15) is 0 Å². The van der Waals surface area contributed by atoms with E-state index in [0.717, 1.165) is 25.6 Å². The van der Waals surface area contributed by atoms with Gasteiger partial charge in [-0.1, -0.05) is 0 Å². The van der Waals surface area contributed by atoms with Crippen LogP contribution in [0.15, 0.2) is 18.2 Å². The average molecular weight is 254 g/mol. The van der Waals surface area contributed by atoms with Crippen molar-refractivity contribution in [1.29, 1.82) is 0 Å². The summed E-state index contributed by atoms with van der Waals surface area (Å²) < 4.78 is 26.3. The van der Waals surface area contributed by atoms with E-state index in [2.05, 4.69) is 24.1 Å². The zero-order valence-electron chi connectivity index (χ0n) is 10.9. The van der Waals surface area contributed by atoms with E-state index >= 15 is 0 Å². The van der Waals surface area contributed by atoms with E-state index in [0.29, 0.717) is 24.2 Å². The maximum atomic E-state index is 13.2. The quantitative estimate of drug-likeness (QED) is 0.872. The molecule has 1 aliphatic rings. The number of rotatable bonds is 2. The van der Waals surface area contributed by atoms with Crippen molar-refractivity contribution < 1.29 is 8.78 Å². The fourth-order valence-electron chi connectivity index (χ4n) is 2.47. The van der Waals surface area contributed by atoms with Crippen LogP contribution in [-0.4, -0.2) is 30.1 Å². The molecule has 2 atom stereocenters. The van der Waals surface area contributed by atoms with E-state index in [1.165, 1.54) is 12.1 Å². The molecule has 100 valence electrons. The van der Waals surface area contributed by atoms with Gasteiger partial charge in [0, 0.05) is 31.2 Å². The van der Waals surface area contributed by atoms with Gasteiger partial charge < -0.3 is 5.32 Å². The molecule has 0 aromatic heterocycles. The predicted octanol–water partition coefficient (Wildman–Crippen LogP) is 2.54. The Labute approximate surface area is 107 Å². The van der Waals surface area contributed by atoms with E-state index < -0.39 is 11.6 Å². The molecule has 1 N–H and O–H groups in total. The minimum atomic E-state index is -0.501. The average Bonchev–Trinajstić information content (AvgIpc) is 2.40. The van der Waals surface area contributed by atoms with Gasteiger partial charge >= 0.3 is 0 Å². The molecule has 1 fully saturated rings. The highest BCUT2D eigenvalue weighted by atomic mass is 19.1. The molecule has 4 heteroatoms. The molecule has 1 aromatic rings. The number of hydrogen-bond acceptors (Lipinski definition) is 2. The van der Waals surface area contributed by atoms with Gasteiger partial charge in [-0.15, -0.1) is 0 Å². The highest BCUT2D eigenvalue weighted by Crippen LogP contribution is 2.15. The Morgan fingerprint density at radius 2 is 1.89 bits per heavy atom. The van der Waals surface area contributed by atoms with Crippen LogP contribution in [0.2, 0.25) is 0 Å². The summed E-state index contributed by atoms with van der Waals surface area (Å²) in [7, 11) is 0. The van der Waals surface area contributed by atoms with Crippen molar-refractivity contribution in [3.8, 4) is 0 Å². The highest BCUT2D eigenvalue weighted by Gasteiger charge is 2.20. The molecule has 0 spiro atoms. The first-order valence-corrected chi connectivity index (χ1v) is 6.47. The van der Waals surface area contributed by atoms with E-state index in [1.54, 1.807) is 0 Å². The van der Waals surface area contributed by atoms with Gasteiger partial charge in [0.1, 0.15) is 11.6 Å². The number of benzene rings is 1. The van der Waals surface area contributed by atoms with Gasteiger partial charge in [0.15, 0.2) is 0 Å². The fourth-order valence-corrected chi connectivity index (χ4v) is 2.47. The molecule has 18 heavy (non-hydrogen) atoms. The Balaban J connectivity index is 2.10. The van der Waals surface area contributed by atoms with Crippen molar-refractivity contribution >= 4 is 0 Å². The molecule has 0 radical (unpaired) electrons. The van der Waals surface area contributed by atoms with Crippen LogP contribution < -0.4 is 5.32 Å². The largest absolute Gasteiger partial charge is 0.313 e. The number of hydrogen-bond donors (Lipinski definition) is 1. The summed E-state index contributed by atoms with van der Waals surface area (Å²) in [6.07, 6.45) is 1.06. The molecule has 0 aliphatic carbocycles. The lowest BCUT2D eigenvalue weighted by atomic mass is 10.1. The summed E-state index contributed by atoms with van der Waals surface area (Å²) in [4.78, 5) is 2.28. The third kappa shape index (κ3) is 3.50. The van der Waals surface area contributed by atoms with Crippen molar-refractivity contribution in [3.05, 3.63) is 35.4 Å². The second-order valence-electron chi connectivity index (χ2n) is 5.20. The number of halogens is 2. The van der Waals surface area contributed by atoms with E-state index in [1.807, 2.05) is 0 Å². The summed E-state index contributed by atoms with van der Waals surface area (Å²) in [6, 6.07) is 4.58. The van der Waals surface area contributed by atoms with Crippen LogP contribution in [0.5, 0.6) is 0 Å². The fraction of sp³-hybridized carbons (Fsp3) is 0.571. The van der Waals surface area contributed by atoms with E-state index in [9.17, 15) is 8.78 Å². The molecule has 1 saturated heterocycles. The second kappa shape index (κ2) is 5.76. The third-order valence-electron chi connectivity index (χ3n) is 3.49. The normalized spacial score (nSPS) is 26.0. The van der Waals surface area contributed by atoms with Crippen molar-refractivity contribution in [2.75, 3.05) is 13.1 Å². The van der Waals surface area contributed by atoms with Crippen LogP contribution in [0, 0.1) is 11.6 Å². The Morgan fingerprint density at radius 1 is 1.22 bits per heavy atom. The van der Waals surface area contributed by atoms with Crippen LogP contribution in [-0.2, 0) is 6.54 Å². The van der Waals surface area contributed by atoms with Gasteiger partial charge in [-0.3, -0.25) is 4.90 Å². The zero-order valence-corrected chi connectivity index (χ0v) is 10.9. The molecule has 1 aromatic carbocycles. The van der Waals surface area contributed by atoms with Crippen molar-refractivity contribution in [1.82, 2.24) is 10.2 Å². The monoisotopic (exact) mass is 254 g/mol. The van der Waals surface area contributed by atoms with Crippen molar-refractivity contribution in [2.45, 2.75) is 38.9 Å². The number of nitrogens with zero attached hydrogens (tertiary/aromatic N) is 1.